The van der Waals surface area contributed by atoms with Gasteiger partial charge in [-0.3, -0.25) is 0 Å². The quantitative estimate of drug-likeness (QED) is 0.513. The van der Waals surface area contributed by atoms with Crippen molar-refractivity contribution in [2.75, 3.05) is 7.11 Å². The summed E-state index contributed by atoms with van der Waals surface area (Å²) in [7, 11) is 1.25. The van der Waals surface area contributed by atoms with Crippen LogP contribution in [-0.4, -0.2) is 18.2 Å². The van der Waals surface area contributed by atoms with Crippen LogP contribution in [-0.2, 0) is 4.74 Å². The van der Waals surface area contributed by atoms with Crippen LogP contribution in [0.5, 0.6) is 5.75 Å². The Bertz CT molecular complexity index is 289. The molecule has 0 atom stereocenters. The number of phenols is 1. The Morgan fingerprint density at radius 1 is 1.58 bits per heavy atom. The summed E-state index contributed by atoms with van der Waals surface area (Å²) < 4.78 is 4.45. The van der Waals surface area contributed by atoms with Gasteiger partial charge in [-0.1, -0.05) is 6.07 Å². The van der Waals surface area contributed by atoms with Crippen molar-refractivity contribution in [3.8, 4) is 5.75 Å². The van der Waals surface area contributed by atoms with Crippen molar-refractivity contribution < 1.29 is 14.6 Å². The Morgan fingerprint density at radius 3 is 2.75 bits per heavy atom. The zero-order chi connectivity index (χ0) is 9.14. The lowest BCUT2D eigenvalue weighted by atomic mass is 10.2. The second-order valence-electron chi connectivity index (χ2n) is 2.16. The molecule has 0 unspecified atom stereocenters. The molecule has 0 aromatic heterocycles. The molecule has 0 radical (unpaired) electrons. The summed E-state index contributed by atoms with van der Waals surface area (Å²) in [5.41, 5.74) is 0.100. The first-order valence-electron chi connectivity index (χ1n) is 3.26. The highest BCUT2D eigenvalue weighted by molar-refractivity contribution is 7.80. The average molecular weight is 184 g/mol. The van der Waals surface area contributed by atoms with E-state index in [-0.39, 0.29) is 11.3 Å². The summed E-state index contributed by atoms with van der Waals surface area (Å²) in [6.07, 6.45) is 0. The first-order valence-corrected chi connectivity index (χ1v) is 3.70. The normalized spacial score (nSPS) is 9.50. The Morgan fingerprint density at radius 2 is 2.25 bits per heavy atom. The van der Waals surface area contributed by atoms with Crippen molar-refractivity contribution in [1.82, 2.24) is 0 Å². The van der Waals surface area contributed by atoms with E-state index in [0.29, 0.717) is 4.90 Å². The van der Waals surface area contributed by atoms with Crippen LogP contribution >= 0.6 is 12.6 Å². The van der Waals surface area contributed by atoms with Gasteiger partial charge in [0.15, 0.2) is 0 Å². The number of thiol groups is 1. The molecule has 0 heterocycles. The molecule has 0 fully saturated rings. The van der Waals surface area contributed by atoms with E-state index in [1.807, 2.05) is 0 Å². The van der Waals surface area contributed by atoms with E-state index in [0.717, 1.165) is 0 Å². The molecule has 1 aromatic carbocycles. The zero-order valence-electron chi connectivity index (χ0n) is 6.44. The van der Waals surface area contributed by atoms with Crippen LogP contribution in [0.25, 0.3) is 0 Å². The first-order chi connectivity index (χ1) is 5.66. The molecule has 1 rings (SSSR count). The molecule has 12 heavy (non-hydrogen) atoms. The number of rotatable bonds is 1. The summed E-state index contributed by atoms with van der Waals surface area (Å²) >= 11 is 4.00. The fourth-order valence-corrected chi connectivity index (χ4v) is 1.13. The van der Waals surface area contributed by atoms with Crippen LogP contribution < -0.4 is 0 Å². The standard InChI is InChI=1S/C8H8O3S/c1-11-8(10)7-5(9)3-2-4-6(7)12/h2-4,9,12H,1H3. The predicted octanol–water partition coefficient (Wildman–Crippen LogP) is 1.47. The first kappa shape index (κ1) is 8.93. The van der Waals surface area contributed by atoms with Crippen LogP contribution in [0.15, 0.2) is 23.1 Å². The van der Waals surface area contributed by atoms with Crippen molar-refractivity contribution in [1.29, 1.82) is 0 Å². The largest absolute Gasteiger partial charge is 0.507 e. The van der Waals surface area contributed by atoms with Gasteiger partial charge < -0.3 is 9.84 Å². The number of carbonyl (C=O) groups excluding carboxylic acids is 1. The number of hydrogen-bond donors (Lipinski definition) is 2. The maximum absolute atomic E-state index is 11.0. The number of aromatic hydroxyl groups is 1. The van der Waals surface area contributed by atoms with Gasteiger partial charge in [-0.2, -0.15) is 0 Å². The van der Waals surface area contributed by atoms with Crippen molar-refractivity contribution in [2.45, 2.75) is 4.90 Å². The smallest absolute Gasteiger partial charge is 0.342 e. The number of ether oxygens (including phenoxy) is 1. The SMILES string of the molecule is COC(=O)c1c(O)cccc1S. The van der Waals surface area contributed by atoms with Crippen molar-refractivity contribution in [3.63, 3.8) is 0 Å². The Hall–Kier alpha value is -1.16. The van der Waals surface area contributed by atoms with E-state index in [1.165, 1.54) is 13.2 Å². The van der Waals surface area contributed by atoms with Crippen LogP contribution in [0, 0.1) is 0 Å². The van der Waals surface area contributed by atoms with Crippen LogP contribution in [0.2, 0.25) is 0 Å². The third-order valence-corrected chi connectivity index (χ3v) is 1.78. The van der Waals surface area contributed by atoms with Crippen LogP contribution in [0.1, 0.15) is 10.4 Å². The predicted molar refractivity (Wildman–Crippen MR) is 46.7 cm³/mol. The summed E-state index contributed by atoms with van der Waals surface area (Å²) in [4.78, 5) is 11.4. The maximum Gasteiger partial charge on any atom is 0.342 e. The second kappa shape index (κ2) is 3.49. The van der Waals surface area contributed by atoms with Crippen LogP contribution in [0.3, 0.4) is 0 Å². The minimum atomic E-state index is -0.585. The third kappa shape index (κ3) is 1.53. The van der Waals surface area contributed by atoms with Gasteiger partial charge in [0, 0.05) is 4.90 Å². The van der Waals surface area contributed by atoms with E-state index in [1.54, 1.807) is 12.1 Å². The molecule has 0 saturated carbocycles. The molecule has 0 spiro atoms. The maximum atomic E-state index is 11.0. The molecule has 0 amide bonds. The lowest BCUT2D eigenvalue weighted by molar-refractivity contribution is 0.0593. The summed E-state index contributed by atoms with van der Waals surface area (Å²) in [6.45, 7) is 0. The van der Waals surface area contributed by atoms with Gasteiger partial charge >= 0.3 is 5.97 Å². The fraction of sp³-hybridized carbons (Fsp3) is 0.125. The fourth-order valence-electron chi connectivity index (χ4n) is 0.839. The van der Waals surface area contributed by atoms with E-state index >= 15 is 0 Å². The Balaban J connectivity index is 3.21. The second-order valence-corrected chi connectivity index (χ2v) is 2.64. The number of carbonyl (C=O) groups is 1. The highest BCUT2D eigenvalue weighted by Crippen LogP contribution is 2.24. The molecule has 3 nitrogen and oxygen atoms in total. The lowest BCUT2D eigenvalue weighted by Gasteiger charge is -2.03. The van der Waals surface area contributed by atoms with Gasteiger partial charge in [-0.25, -0.2) is 4.79 Å². The summed E-state index contributed by atoms with van der Waals surface area (Å²) in [5.74, 6) is -0.701. The van der Waals surface area contributed by atoms with E-state index < -0.39 is 5.97 Å². The molecule has 1 N–H and O–H groups in total. The molecular formula is C8H8O3S. The van der Waals surface area contributed by atoms with Crippen LogP contribution in [0.4, 0.5) is 0 Å². The molecule has 0 aliphatic carbocycles. The molecule has 0 aliphatic rings. The zero-order valence-corrected chi connectivity index (χ0v) is 7.34. The number of benzene rings is 1. The van der Waals surface area contributed by atoms with Gasteiger partial charge in [0.2, 0.25) is 0 Å². The van der Waals surface area contributed by atoms with Gasteiger partial charge in [-0.15, -0.1) is 12.6 Å². The molecule has 0 aliphatic heterocycles. The highest BCUT2D eigenvalue weighted by Gasteiger charge is 2.13. The monoisotopic (exact) mass is 184 g/mol. The molecular weight excluding hydrogens is 176 g/mol. The topological polar surface area (TPSA) is 46.5 Å². The van der Waals surface area contributed by atoms with Gasteiger partial charge in [0.25, 0.3) is 0 Å². The van der Waals surface area contributed by atoms with Crippen molar-refractivity contribution >= 4 is 18.6 Å². The molecule has 0 bridgehead atoms. The summed E-state index contributed by atoms with van der Waals surface area (Å²) in [6, 6.07) is 4.62. The van der Waals surface area contributed by atoms with E-state index in [2.05, 4.69) is 17.4 Å². The molecule has 0 saturated heterocycles. The third-order valence-electron chi connectivity index (χ3n) is 1.41. The molecule has 64 valence electrons. The van der Waals surface area contributed by atoms with Crippen molar-refractivity contribution in [3.05, 3.63) is 23.8 Å². The van der Waals surface area contributed by atoms with Gasteiger partial charge in [0.05, 0.1) is 7.11 Å². The Labute approximate surface area is 75.4 Å². The molecule has 4 heteroatoms. The van der Waals surface area contributed by atoms with E-state index in [9.17, 15) is 9.90 Å². The van der Waals surface area contributed by atoms with Crippen molar-refractivity contribution in [2.24, 2.45) is 0 Å². The Kier molecular flexibility index (Phi) is 2.60. The minimum absolute atomic E-state index is 0.100. The minimum Gasteiger partial charge on any atom is -0.507 e. The highest BCUT2D eigenvalue weighted by atomic mass is 32.1. The number of methoxy groups -OCH3 is 1. The lowest BCUT2D eigenvalue weighted by Crippen LogP contribution is -2.02. The number of phenolic OH excluding ortho intramolecular Hbond substituents is 1. The van der Waals surface area contributed by atoms with Gasteiger partial charge in [0.1, 0.15) is 11.3 Å². The average Bonchev–Trinajstić information content (AvgIpc) is 2.03. The van der Waals surface area contributed by atoms with E-state index in [4.69, 9.17) is 0 Å². The number of hydrogen-bond acceptors (Lipinski definition) is 4. The summed E-state index contributed by atoms with van der Waals surface area (Å²) in [5, 5.41) is 9.24. The number of esters is 1. The molecule has 1 aromatic rings. The van der Waals surface area contributed by atoms with Gasteiger partial charge in [-0.05, 0) is 12.1 Å².